The summed E-state index contributed by atoms with van der Waals surface area (Å²) in [6.07, 6.45) is 1.32. The SMILES string of the molecule is N#Cc1ccccc1CSc1nnc(CCCOc2ccc(Cl)cc2Cl)o1. The maximum atomic E-state index is 9.12. The van der Waals surface area contributed by atoms with Gasteiger partial charge in [0.05, 0.1) is 23.3 Å². The number of benzene rings is 2. The van der Waals surface area contributed by atoms with Gasteiger partial charge in [-0.2, -0.15) is 5.26 Å². The molecule has 0 N–H and O–H groups in total. The van der Waals surface area contributed by atoms with Crippen LogP contribution in [0.4, 0.5) is 0 Å². The van der Waals surface area contributed by atoms with Gasteiger partial charge in [-0.25, -0.2) is 0 Å². The molecule has 0 amide bonds. The van der Waals surface area contributed by atoms with Gasteiger partial charge in [-0.1, -0.05) is 53.2 Å². The van der Waals surface area contributed by atoms with Gasteiger partial charge in [-0.05, 0) is 36.2 Å². The molecule has 1 aromatic heterocycles. The smallest absolute Gasteiger partial charge is 0.276 e. The van der Waals surface area contributed by atoms with Crippen LogP contribution in [0.3, 0.4) is 0 Å². The van der Waals surface area contributed by atoms with E-state index in [0.29, 0.717) is 57.7 Å². The minimum absolute atomic E-state index is 0.474. The van der Waals surface area contributed by atoms with Crippen LogP contribution in [-0.4, -0.2) is 16.8 Å². The van der Waals surface area contributed by atoms with E-state index in [1.165, 1.54) is 11.8 Å². The zero-order valence-electron chi connectivity index (χ0n) is 14.2. The molecule has 0 radical (unpaired) electrons. The van der Waals surface area contributed by atoms with Gasteiger partial charge < -0.3 is 9.15 Å². The summed E-state index contributed by atoms with van der Waals surface area (Å²) in [4.78, 5) is 0. The second-order valence-corrected chi connectivity index (χ2v) is 7.32. The third kappa shape index (κ3) is 5.64. The fourth-order valence-electron chi connectivity index (χ4n) is 2.29. The number of ether oxygens (including phenoxy) is 1. The lowest BCUT2D eigenvalue weighted by Gasteiger charge is -2.07. The summed E-state index contributed by atoms with van der Waals surface area (Å²) in [5, 5.41) is 18.7. The van der Waals surface area contributed by atoms with E-state index in [9.17, 15) is 0 Å². The van der Waals surface area contributed by atoms with Gasteiger partial charge in [0.15, 0.2) is 0 Å². The first-order valence-corrected chi connectivity index (χ1v) is 9.91. The molecule has 0 bridgehead atoms. The van der Waals surface area contributed by atoms with Crippen LogP contribution < -0.4 is 4.74 Å². The summed E-state index contributed by atoms with van der Waals surface area (Å²) >= 11 is 13.3. The number of thioether (sulfide) groups is 1. The van der Waals surface area contributed by atoms with E-state index < -0.39 is 0 Å². The molecular formula is C19H15Cl2N3O2S. The molecule has 0 saturated carbocycles. The predicted molar refractivity (Wildman–Crippen MR) is 105 cm³/mol. The fourth-order valence-corrected chi connectivity index (χ4v) is 3.54. The molecule has 8 heteroatoms. The van der Waals surface area contributed by atoms with Crippen molar-refractivity contribution in [1.29, 1.82) is 5.26 Å². The van der Waals surface area contributed by atoms with Crippen molar-refractivity contribution in [1.82, 2.24) is 10.2 Å². The summed E-state index contributed by atoms with van der Waals surface area (Å²) in [5.74, 6) is 1.75. The van der Waals surface area contributed by atoms with Gasteiger partial charge in [0, 0.05) is 17.2 Å². The molecule has 5 nitrogen and oxygen atoms in total. The predicted octanol–water partition coefficient (Wildman–Crippen LogP) is 5.55. The van der Waals surface area contributed by atoms with E-state index in [-0.39, 0.29) is 0 Å². The second kappa shape index (κ2) is 9.65. The highest BCUT2D eigenvalue weighted by Gasteiger charge is 2.09. The minimum atomic E-state index is 0.474. The van der Waals surface area contributed by atoms with Crippen LogP contribution in [0.1, 0.15) is 23.4 Å². The molecule has 0 atom stereocenters. The molecule has 0 aliphatic carbocycles. The highest BCUT2D eigenvalue weighted by molar-refractivity contribution is 7.98. The molecule has 27 heavy (non-hydrogen) atoms. The van der Waals surface area contributed by atoms with Crippen LogP contribution in [0.25, 0.3) is 0 Å². The van der Waals surface area contributed by atoms with E-state index in [1.807, 2.05) is 18.2 Å². The van der Waals surface area contributed by atoms with Crippen molar-refractivity contribution in [3.63, 3.8) is 0 Å². The quantitative estimate of drug-likeness (QED) is 0.351. The Morgan fingerprint density at radius 3 is 2.81 bits per heavy atom. The van der Waals surface area contributed by atoms with Crippen molar-refractivity contribution >= 4 is 35.0 Å². The van der Waals surface area contributed by atoms with Crippen LogP contribution in [0, 0.1) is 11.3 Å². The van der Waals surface area contributed by atoms with Crippen molar-refractivity contribution in [2.24, 2.45) is 0 Å². The number of halogens is 2. The summed E-state index contributed by atoms with van der Waals surface area (Å²) in [5.41, 5.74) is 1.60. The van der Waals surface area contributed by atoms with E-state index >= 15 is 0 Å². The second-order valence-electron chi connectivity index (χ2n) is 5.55. The van der Waals surface area contributed by atoms with Crippen molar-refractivity contribution < 1.29 is 9.15 Å². The average Bonchev–Trinajstić information content (AvgIpc) is 3.13. The first-order valence-electron chi connectivity index (χ1n) is 8.17. The molecule has 3 aromatic rings. The largest absolute Gasteiger partial charge is 0.492 e. The van der Waals surface area contributed by atoms with E-state index in [0.717, 1.165) is 5.56 Å². The lowest BCUT2D eigenvalue weighted by Crippen LogP contribution is -2.00. The number of nitriles is 1. The Bertz CT molecular complexity index is 956. The average molecular weight is 420 g/mol. The molecule has 2 aromatic carbocycles. The fraction of sp³-hybridized carbons (Fsp3) is 0.211. The summed E-state index contributed by atoms with van der Waals surface area (Å²) < 4.78 is 11.3. The van der Waals surface area contributed by atoms with Crippen molar-refractivity contribution in [3.05, 3.63) is 69.5 Å². The maximum absolute atomic E-state index is 9.12. The highest BCUT2D eigenvalue weighted by atomic mass is 35.5. The van der Waals surface area contributed by atoms with E-state index in [1.54, 1.807) is 24.3 Å². The first-order chi connectivity index (χ1) is 13.2. The van der Waals surface area contributed by atoms with Crippen molar-refractivity contribution in [3.8, 4) is 11.8 Å². The lowest BCUT2D eigenvalue weighted by molar-refractivity contribution is 0.302. The van der Waals surface area contributed by atoms with Gasteiger partial charge >= 0.3 is 0 Å². The van der Waals surface area contributed by atoms with Crippen molar-refractivity contribution in [2.75, 3.05) is 6.61 Å². The lowest BCUT2D eigenvalue weighted by atomic mass is 10.1. The molecule has 1 heterocycles. The highest BCUT2D eigenvalue weighted by Crippen LogP contribution is 2.28. The monoisotopic (exact) mass is 419 g/mol. The van der Waals surface area contributed by atoms with Crippen LogP contribution in [0.5, 0.6) is 5.75 Å². The Labute approximate surface area is 171 Å². The van der Waals surface area contributed by atoms with Crippen LogP contribution in [-0.2, 0) is 12.2 Å². The Hall–Kier alpha value is -2.20. The molecule has 0 spiro atoms. The molecule has 3 rings (SSSR count). The molecule has 0 saturated heterocycles. The Kier molecular flexibility index (Phi) is 6.99. The zero-order valence-corrected chi connectivity index (χ0v) is 16.5. The number of rotatable bonds is 8. The standard InChI is InChI=1S/C19H15Cl2N3O2S/c20-15-7-8-17(16(21)10-15)25-9-3-6-18-23-24-19(26-18)27-12-14-5-2-1-4-13(14)11-22/h1-2,4-5,7-8,10H,3,6,9,12H2. The minimum Gasteiger partial charge on any atom is -0.492 e. The number of hydrogen-bond donors (Lipinski definition) is 0. The molecule has 0 fully saturated rings. The van der Waals surface area contributed by atoms with Crippen LogP contribution >= 0.6 is 35.0 Å². The van der Waals surface area contributed by atoms with Gasteiger partial charge in [0.2, 0.25) is 5.89 Å². The number of aryl methyl sites for hydroxylation is 1. The summed E-state index contributed by atoms with van der Waals surface area (Å²) in [6.45, 7) is 0.474. The van der Waals surface area contributed by atoms with Gasteiger partial charge in [0.1, 0.15) is 5.75 Å². The Morgan fingerprint density at radius 2 is 2.00 bits per heavy atom. The zero-order chi connectivity index (χ0) is 19.1. The molecule has 0 aliphatic heterocycles. The molecule has 138 valence electrons. The number of hydrogen-bond acceptors (Lipinski definition) is 6. The Morgan fingerprint density at radius 1 is 1.15 bits per heavy atom. The van der Waals surface area contributed by atoms with Gasteiger partial charge in [0.25, 0.3) is 5.22 Å². The van der Waals surface area contributed by atoms with Crippen molar-refractivity contribution in [2.45, 2.75) is 23.8 Å². The molecule has 0 aliphatic rings. The van der Waals surface area contributed by atoms with Gasteiger partial charge in [-0.3, -0.25) is 0 Å². The van der Waals surface area contributed by atoms with Gasteiger partial charge in [-0.15, -0.1) is 10.2 Å². The topological polar surface area (TPSA) is 71.9 Å². The normalized spacial score (nSPS) is 10.6. The summed E-state index contributed by atoms with van der Waals surface area (Å²) in [6, 6.07) is 14.8. The van der Waals surface area contributed by atoms with Crippen LogP contribution in [0.2, 0.25) is 10.0 Å². The third-order valence-electron chi connectivity index (χ3n) is 3.62. The maximum Gasteiger partial charge on any atom is 0.276 e. The summed E-state index contributed by atoms with van der Waals surface area (Å²) in [7, 11) is 0. The first kappa shape index (κ1) is 19.6. The van der Waals surface area contributed by atoms with E-state index in [2.05, 4.69) is 16.3 Å². The Balaban J connectivity index is 1.45. The van der Waals surface area contributed by atoms with E-state index in [4.69, 9.17) is 37.6 Å². The molecular weight excluding hydrogens is 405 g/mol. The third-order valence-corrected chi connectivity index (χ3v) is 5.02. The number of nitrogens with zero attached hydrogens (tertiary/aromatic N) is 3. The number of aromatic nitrogens is 2. The molecule has 0 unspecified atom stereocenters. The van der Waals surface area contributed by atoms with Crippen LogP contribution in [0.15, 0.2) is 52.1 Å².